The summed E-state index contributed by atoms with van der Waals surface area (Å²) in [4.78, 5) is 40.8. The van der Waals surface area contributed by atoms with Crippen molar-refractivity contribution < 1.29 is 14.4 Å². The summed E-state index contributed by atoms with van der Waals surface area (Å²) in [7, 11) is 0. The second kappa shape index (κ2) is 8.30. The summed E-state index contributed by atoms with van der Waals surface area (Å²) in [6, 6.07) is 13.8. The molecule has 0 bridgehead atoms. The van der Waals surface area contributed by atoms with Crippen LogP contribution >= 0.6 is 0 Å². The number of carbonyl (C=O) groups excluding carboxylic acids is 3. The highest BCUT2D eigenvalue weighted by Crippen LogP contribution is 2.34. The molecule has 2 heterocycles. The summed E-state index contributed by atoms with van der Waals surface area (Å²) in [5.41, 5.74) is 5.04. The van der Waals surface area contributed by atoms with E-state index in [0.29, 0.717) is 26.1 Å². The first-order valence-electron chi connectivity index (χ1n) is 10.5. The number of fused-ring (bicyclic) bond motifs is 1. The van der Waals surface area contributed by atoms with Crippen LogP contribution in [0.3, 0.4) is 0 Å². The Morgan fingerprint density at radius 2 is 1.90 bits per heavy atom. The molecule has 3 amide bonds. The third-order valence-electron chi connectivity index (χ3n) is 5.96. The lowest BCUT2D eigenvalue weighted by atomic mass is 10.1. The van der Waals surface area contributed by atoms with Crippen molar-refractivity contribution in [3.8, 4) is 0 Å². The second-order valence-corrected chi connectivity index (χ2v) is 8.07. The van der Waals surface area contributed by atoms with E-state index < -0.39 is 0 Å². The number of nitrogens with one attached hydrogen (secondary N) is 1. The number of benzene rings is 2. The number of nitrogens with zero attached hydrogens (tertiary/aromatic N) is 2. The summed E-state index contributed by atoms with van der Waals surface area (Å²) < 4.78 is 0. The summed E-state index contributed by atoms with van der Waals surface area (Å²) in [6.45, 7) is 5.42. The highest BCUT2D eigenvalue weighted by atomic mass is 16.2. The van der Waals surface area contributed by atoms with Gasteiger partial charge in [-0.1, -0.05) is 36.8 Å². The van der Waals surface area contributed by atoms with Crippen LogP contribution in [-0.2, 0) is 27.3 Å². The topological polar surface area (TPSA) is 69.7 Å². The van der Waals surface area contributed by atoms with Gasteiger partial charge in [0.15, 0.2) is 0 Å². The molecule has 156 valence electrons. The van der Waals surface area contributed by atoms with Gasteiger partial charge in [0.1, 0.15) is 0 Å². The molecule has 0 spiro atoms. The van der Waals surface area contributed by atoms with Gasteiger partial charge in [-0.05, 0) is 42.7 Å². The van der Waals surface area contributed by atoms with Crippen LogP contribution in [0.15, 0.2) is 42.5 Å². The number of carbonyl (C=O) groups is 3. The molecule has 1 atom stereocenters. The fourth-order valence-corrected chi connectivity index (χ4v) is 4.18. The van der Waals surface area contributed by atoms with Gasteiger partial charge in [0.25, 0.3) is 0 Å². The van der Waals surface area contributed by atoms with E-state index in [9.17, 15) is 14.4 Å². The maximum Gasteiger partial charge on any atom is 0.227 e. The number of anilines is 2. The van der Waals surface area contributed by atoms with Crippen LogP contribution in [0.5, 0.6) is 0 Å². The Morgan fingerprint density at radius 3 is 2.63 bits per heavy atom. The fourth-order valence-electron chi connectivity index (χ4n) is 4.18. The van der Waals surface area contributed by atoms with Gasteiger partial charge in [-0.15, -0.1) is 0 Å². The fraction of sp³-hybridized carbons (Fsp3) is 0.375. The van der Waals surface area contributed by atoms with E-state index in [-0.39, 0.29) is 30.1 Å². The van der Waals surface area contributed by atoms with Crippen molar-refractivity contribution in [2.24, 2.45) is 5.92 Å². The minimum absolute atomic E-state index is 0.0371. The van der Waals surface area contributed by atoms with Crippen LogP contribution in [0, 0.1) is 12.8 Å². The van der Waals surface area contributed by atoms with Gasteiger partial charge in [-0.3, -0.25) is 14.4 Å². The molecule has 6 heteroatoms. The van der Waals surface area contributed by atoms with Crippen molar-refractivity contribution in [1.29, 1.82) is 0 Å². The van der Waals surface area contributed by atoms with Gasteiger partial charge in [0.2, 0.25) is 17.7 Å². The van der Waals surface area contributed by atoms with Crippen LogP contribution in [0.25, 0.3) is 0 Å². The Labute approximate surface area is 176 Å². The maximum atomic E-state index is 12.6. The highest BCUT2D eigenvalue weighted by Gasteiger charge is 2.35. The maximum absolute atomic E-state index is 12.6. The largest absolute Gasteiger partial charge is 0.352 e. The van der Waals surface area contributed by atoms with Crippen LogP contribution < -0.4 is 15.1 Å². The highest BCUT2D eigenvalue weighted by molar-refractivity contribution is 6.01. The molecule has 1 fully saturated rings. The zero-order chi connectivity index (χ0) is 21.3. The molecular formula is C24H27N3O3. The molecule has 2 aromatic rings. The number of rotatable bonds is 5. The number of hydrogen-bond acceptors (Lipinski definition) is 3. The molecule has 0 aromatic heterocycles. The van der Waals surface area contributed by atoms with E-state index >= 15 is 0 Å². The molecule has 1 saturated heterocycles. The molecule has 6 nitrogen and oxygen atoms in total. The van der Waals surface area contributed by atoms with Crippen molar-refractivity contribution >= 4 is 29.1 Å². The van der Waals surface area contributed by atoms with Gasteiger partial charge >= 0.3 is 0 Å². The molecule has 1 N–H and O–H groups in total. The normalized spacial score (nSPS) is 17.9. The molecule has 2 aliphatic heterocycles. The third-order valence-corrected chi connectivity index (χ3v) is 5.96. The Bertz CT molecular complexity index is 984. The van der Waals surface area contributed by atoms with E-state index in [1.165, 1.54) is 5.56 Å². The minimum atomic E-state index is -0.352. The molecule has 30 heavy (non-hydrogen) atoms. The molecule has 0 radical (unpaired) electrons. The number of hydrogen-bond donors (Lipinski definition) is 1. The summed E-state index contributed by atoms with van der Waals surface area (Å²) in [5, 5.41) is 2.96. The molecule has 0 aliphatic carbocycles. The summed E-state index contributed by atoms with van der Waals surface area (Å²) in [5.74, 6) is -0.365. The first-order chi connectivity index (χ1) is 14.5. The minimum Gasteiger partial charge on any atom is -0.352 e. The quantitative estimate of drug-likeness (QED) is 0.832. The average Bonchev–Trinajstić information content (AvgIpc) is 3.35. The monoisotopic (exact) mass is 405 g/mol. The lowest BCUT2D eigenvalue weighted by Crippen LogP contribution is -2.32. The van der Waals surface area contributed by atoms with E-state index in [1.807, 2.05) is 61.2 Å². The van der Waals surface area contributed by atoms with E-state index in [1.54, 1.807) is 4.90 Å². The van der Waals surface area contributed by atoms with Crippen molar-refractivity contribution in [3.63, 3.8) is 0 Å². The first kappa shape index (κ1) is 20.1. The SMILES string of the molecule is CCC(=O)N1CCc2cc(N3C[C@@H](C(=O)NCc4ccc(C)cc4)CC3=O)ccc21. The van der Waals surface area contributed by atoms with Gasteiger partial charge in [-0.25, -0.2) is 0 Å². The Morgan fingerprint density at radius 1 is 1.13 bits per heavy atom. The average molecular weight is 405 g/mol. The van der Waals surface area contributed by atoms with Gasteiger partial charge in [0, 0.05) is 43.9 Å². The van der Waals surface area contributed by atoms with Crippen LogP contribution in [0.4, 0.5) is 11.4 Å². The number of amides is 3. The third kappa shape index (κ3) is 3.95. The zero-order valence-corrected chi connectivity index (χ0v) is 17.5. The van der Waals surface area contributed by atoms with Crippen molar-refractivity contribution in [3.05, 3.63) is 59.2 Å². The molecule has 2 aromatic carbocycles. The molecule has 4 rings (SSSR count). The zero-order valence-electron chi connectivity index (χ0n) is 17.5. The predicted molar refractivity (Wildman–Crippen MR) is 116 cm³/mol. The van der Waals surface area contributed by atoms with E-state index in [4.69, 9.17) is 0 Å². The van der Waals surface area contributed by atoms with Gasteiger partial charge < -0.3 is 15.1 Å². The van der Waals surface area contributed by atoms with Crippen LogP contribution in [0.2, 0.25) is 0 Å². The van der Waals surface area contributed by atoms with E-state index in [0.717, 1.165) is 28.9 Å². The van der Waals surface area contributed by atoms with Crippen molar-refractivity contribution in [2.75, 3.05) is 22.9 Å². The molecule has 2 aliphatic rings. The second-order valence-electron chi connectivity index (χ2n) is 8.07. The summed E-state index contributed by atoms with van der Waals surface area (Å²) in [6.07, 6.45) is 1.49. The Kier molecular flexibility index (Phi) is 5.57. The number of aryl methyl sites for hydroxylation is 1. The van der Waals surface area contributed by atoms with Gasteiger partial charge in [0.05, 0.1) is 5.92 Å². The van der Waals surface area contributed by atoms with Crippen LogP contribution in [0.1, 0.15) is 36.5 Å². The lowest BCUT2D eigenvalue weighted by molar-refractivity contribution is -0.126. The first-order valence-corrected chi connectivity index (χ1v) is 10.5. The molecule has 0 unspecified atom stereocenters. The lowest BCUT2D eigenvalue weighted by Gasteiger charge is -2.20. The standard InChI is InChI=1S/C24H27N3O3/c1-3-22(28)26-11-10-18-12-20(8-9-21(18)26)27-15-19(13-23(27)29)24(30)25-14-17-6-4-16(2)5-7-17/h4-9,12,19H,3,10-11,13-15H2,1-2H3,(H,25,30)/t19-/m0/s1. The van der Waals surface area contributed by atoms with Crippen LogP contribution in [-0.4, -0.2) is 30.8 Å². The predicted octanol–water partition coefficient (Wildman–Crippen LogP) is 2.96. The molecular weight excluding hydrogens is 378 g/mol. The summed E-state index contributed by atoms with van der Waals surface area (Å²) >= 11 is 0. The van der Waals surface area contributed by atoms with Gasteiger partial charge in [-0.2, -0.15) is 0 Å². The smallest absolute Gasteiger partial charge is 0.227 e. The van der Waals surface area contributed by atoms with Crippen molar-refractivity contribution in [2.45, 2.75) is 39.7 Å². The Balaban J connectivity index is 1.40. The van der Waals surface area contributed by atoms with Crippen molar-refractivity contribution in [1.82, 2.24) is 5.32 Å². The molecule has 0 saturated carbocycles. The Hall–Kier alpha value is -3.15. The van der Waals surface area contributed by atoms with E-state index in [2.05, 4.69) is 5.32 Å².